The van der Waals surface area contributed by atoms with E-state index in [2.05, 4.69) is 29.0 Å². The van der Waals surface area contributed by atoms with Crippen molar-refractivity contribution < 1.29 is 24.6 Å². The molecule has 2 rings (SSSR count). The number of nitrogens with one attached hydrogen (secondary N) is 2. The minimum atomic E-state index is -1.57. The van der Waals surface area contributed by atoms with E-state index < -0.39 is 23.5 Å². The maximum Gasteiger partial charge on any atom is 0.268 e. The smallest absolute Gasteiger partial charge is 0.268 e. The van der Waals surface area contributed by atoms with E-state index in [-0.39, 0.29) is 5.56 Å². The number of hydrogen-bond acceptors (Lipinski definition) is 5. The van der Waals surface area contributed by atoms with Gasteiger partial charge in [-0.25, -0.2) is 5.48 Å². The SMILES string of the molecule is CCOCc1ccc(C#CC#Cc2ccc(C(=O)N[C@H](C(=O)NO)C(C)(C)O)cc2)cc1. The Morgan fingerprint density at radius 1 is 1.00 bits per heavy atom. The zero-order chi connectivity index (χ0) is 23.6. The second kappa shape index (κ2) is 11.7. The van der Waals surface area contributed by atoms with Crippen molar-refractivity contribution in [3.8, 4) is 23.7 Å². The van der Waals surface area contributed by atoms with Gasteiger partial charge < -0.3 is 15.2 Å². The molecule has 7 nitrogen and oxygen atoms in total. The highest BCUT2D eigenvalue weighted by atomic mass is 16.5. The fourth-order valence-electron chi connectivity index (χ4n) is 2.66. The molecule has 2 aromatic rings. The third-order valence-electron chi connectivity index (χ3n) is 4.40. The molecule has 0 bridgehead atoms. The van der Waals surface area contributed by atoms with Crippen molar-refractivity contribution >= 4 is 11.8 Å². The molecule has 4 N–H and O–H groups in total. The molecule has 2 amide bonds. The van der Waals surface area contributed by atoms with Gasteiger partial charge in [-0.1, -0.05) is 24.0 Å². The van der Waals surface area contributed by atoms with Crippen molar-refractivity contribution in [2.45, 2.75) is 39.0 Å². The van der Waals surface area contributed by atoms with Crippen LogP contribution in [0.2, 0.25) is 0 Å². The van der Waals surface area contributed by atoms with Crippen molar-refractivity contribution in [2.24, 2.45) is 0 Å². The van der Waals surface area contributed by atoms with Gasteiger partial charge in [-0.3, -0.25) is 14.8 Å². The Balaban J connectivity index is 2.00. The number of aliphatic hydroxyl groups is 1. The van der Waals surface area contributed by atoms with E-state index in [0.29, 0.717) is 18.8 Å². The van der Waals surface area contributed by atoms with Gasteiger partial charge in [0, 0.05) is 23.3 Å². The highest BCUT2D eigenvalue weighted by Crippen LogP contribution is 2.11. The number of rotatable bonds is 7. The lowest BCUT2D eigenvalue weighted by Gasteiger charge is -2.28. The van der Waals surface area contributed by atoms with Gasteiger partial charge in [-0.2, -0.15) is 0 Å². The van der Waals surface area contributed by atoms with Crippen LogP contribution in [0.5, 0.6) is 0 Å². The number of hydrogen-bond donors (Lipinski definition) is 4. The number of amides is 2. The van der Waals surface area contributed by atoms with E-state index in [1.54, 1.807) is 24.3 Å². The van der Waals surface area contributed by atoms with Crippen LogP contribution < -0.4 is 10.8 Å². The highest BCUT2D eigenvalue weighted by molar-refractivity contribution is 5.97. The fraction of sp³-hybridized carbons (Fsp3) is 0.280. The summed E-state index contributed by atoms with van der Waals surface area (Å²) in [4.78, 5) is 24.1. The van der Waals surface area contributed by atoms with Crippen LogP contribution in [0.1, 0.15) is 47.8 Å². The van der Waals surface area contributed by atoms with Crippen LogP contribution in [0, 0.1) is 23.7 Å². The lowest BCUT2D eigenvalue weighted by atomic mass is 9.97. The van der Waals surface area contributed by atoms with Crippen molar-refractivity contribution in [3.63, 3.8) is 0 Å². The average molecular weight is 434 g/mol. The number of hydroxylamine groups is 1. The zero-order valence-corrected chi connectivity index (χ0v) is 18.2. The lowest BCUT2D eigenvalue weighted by molar-refractivity contribution is -0.136. The molecule has 2 aromatic carbocycles. The summed E-state index contributed by atoms with van der Waals surface area (Å²) in [5.41, 5.74) is 2.73. The second-order valence-electron chi connectivity index (χ2n) is 7.45. The minimum absolute atomic E-state index is 0.272. The molecule has 32 heavy (non-hydrogen) atoms. The lowest BCUT2D eigenvalue weighted by Crippen LogP contribution is -2.57. The van der Waals surface area contributed by atoms with Crippen LogP contribution in [-0.2, 0) is 16.1 Å². The molecule has 0 spiro atoms. The summed E-state index contributed by atoms with van der Waals surface area (Å²) in [5, 5.41) is 21.3. The minimum Gasteiger partial charge on any atom is -0.388 e. The molecule has 7 heteroatoms. The van der Waals surface area contributed by atoms with Gasteiger partial charge in [-0.05, 0) is 74.6 Å². The fourth-order valence-corrected chi connectivity index (χ4v) is 2.66. The molecule has 0 saturated heterocycles. The first-order valence-electron chi connectivity index (χ1n) is 10.0. The quantitative estimate of drug-likeness (QED) is 0.303. The normalized spacial score (nSPS) is 11.3. The summed E-state index contributed by atoms with van der Waals surface area (Å²) >= 11 is 0. The molecule has 0 unspecified atom stereocenters. The monoisotopic (exact) mass is 434 g/mol. The molecule has 0 aliphatic rings. The first kappa shape index (κ1) is 24.6. The summed E-state index contributed by atoms with van der Waals surface area (Å²) in [6.07, 6.45) is 0. The van der Waals surface area contributed by atoms with E-state index in [4.69, 9.17) is 9.94 Å². The van der Waals surface area contributed by atoms with Crippen molar-refractivity contribution in [1.29, 1.82) is 0 Å². The predicted octanol–water partition coefficient (Wildman–Crippen LogP) is 2.00. The van der Waals surface area contributed by atoms with Crippen LogP contribution in [0.25, 0.3) is 0 Å². The highest BCUT2D eigenvalue weighted by Gasteiger charge is 2.34. The van der Waals surface area contributed by atoms with Crippen LogP contribution in [-0.4, -0.2) is 40.4 Å². The predicted molar refractivity (Wildman–Crippen MR) is 119 cm³/mol. The number of carbonyl (C=O) groups is 2. The second-order valence-corrected chi connectivity index (χ2v) is 7.45. The third-order valence-corrected chi connectivity index (χ3v) is 4.40. The Kier molecular flexibility index (Phi) is 9.00. The molecular weight excluding hydrogens is 408 g/mol. The molecule has 0 saturated carbocycles. The Bertz CT molecular complexity index is 1050. The topological polar surface area (TPSA) is 108 Å². The first-order chi connectivity index (χ1) is 15.2. The van der Waals surface area contributed by atoms with Gasteiger partial charge >= 0.3 is 0 Å². The summed E-state index contributed by atoms with van der Waals surface area (Å²) in [7, 11) is 0. The number of ether oxygens (including phenoxy) is 1. The number of carbonyl (C=O) groups excluding carboxylic acids is 2. The molecule has 0 aromatic heterocycles. The molecule has 166 valence electrons. The van der Waals surface area contributed by atoms with Gasteiger partial charge in [0.1, 0.15) is 6.04 Å². The molecular formula is C25H26N2O5. The van der Waals surface area contributed by atoms with Gasteiger partial charge in [0.05, 0.1) is 12.2 Å². The van der Waals surface area contributed by atoms with Crippen LogP contribution >= 0.6 is 0 Å². The molecule has 0 radical (unpaired) electrons. The Labute approximate surface area is 187 Å². The first-order valence-corrected chi connectivity index (χ1v) is 10.0. The molecule has 0 fully saturated rings. The standard InChI is InChI=1S/C25H26N2O5/c1-4-32-17-20-11-9-18(10-12-20)7-5-6-8-19-13-15-21(16-14-19)23(28)26-22(24(29)27-31)25(2,3)30/h9-16,22,30-31H,4,17H2,1-3H3,(H,26,28)(H,27,29)/t22-/m1/s1. The van der Waals surface area contributed by atoms with E-state index >= 15 is 0 Å². The van der Waals surface area contributed by atoms with Gasteiger partial charge in [0.15, 0.2) is 0 Å². The van der Waals surface area contributed by atoms with E-state index in [1.807, 2.05) is 31.2 Å². The third kappa shape index (κ3) is 7.57. The van der Waals surface area contributed by atoms with Gasteiger partial charge in [0.2, 0.25) is 0 Å². The Hall–Kier alpha value is -3.62. The van der Waals surface area contributed by atoms with Crippen LogP contribution in [0.4, 0.5) is 0 Å². The van der Waals surface area contributed by atoms with Gasteiger partial charge in [-0.15, -0.1) is 0 Å². The van der Waals surface area contributed by atoms with Crippen molar-refractivity contribution in [3.05, 3.63) is 70.8 Å². The molecule has 0 aliphatic carbocycles. The summed E-state index contributed by atoms with van der Waals surface area (Å²) in [6.45, 7) is 5.90. The Morgan fingerprint density at radius 2 is 1.53 bits per heavy atom. The van der Waals surface area contributed by atoms with E-state index in [9.17, 15) is 14.7 Å². The maximum atomic E-state index is 12.4. The molecule has 1 atom stereocenters. The molecule has 0 heterocycles. The Morgan fingerprint density at radius 3 is 2.00 bits per heavy atom. The largest absolute Gasteiger partial charge is 0.388 e. The van der Waals surface area contributed by atoms with Gasteiger partial charge in [0.25, 0.3) is 11.8 Å². The van der Waals surface area contributed by atoms with Crippen LogP contribution in [0.15, 0.2) is 48.5 Å². The summed E-state index contributed by atoms with van der Waals surface area (Å²) in [6, 6.07) is 12.8. The summed E-state index contributed by atoms with van der Waals surface area (Å²) in [5.74, 6) is 9.94. The van der Waals surface area contributed by atoms with Crippen molar-refractivity contribution in [1.82, 2.24) is 10.8 Å². The zero-order valence-electron chi connectivity index (χ0n) is 18.2. The van der Waals surface area contributed by atoms with Crippen LogP contribution in [0.3, 0.4) is 0 Å². The van der Waals surface area contributed by atoms with Crippen molar-refractivity contribution in [2.75, 3.05) is 6.61 Å². The summed E-state index contributed by atoms with van der Waals surface area (Å²) < 4.78 is 5.36. The average Bonchev–Trinajstić information content (AvgIpc) is 2.78. The molecule has 0 aliphatic heterocycles. The van der Waals surface area contributed by atoms with E-state index in [0.717, 1.165) is 11.1 Å². The van der Waals surface area contributed by atoms with E-state index in [1.165, 1.54) is 19.3 Å². The maximum absolute atomic E-state index is 12.4. The number of benzene rings is 2.